The Morgan fingerprint density at radius 3 is 2.50 bits per heavy atom. The van der Waals surface area contributed by atoms with E-state index in [0.29, 0.717) is 5.69 Å². The predicted octanol–water partition coefficient (Wildman–Crippen LogP) is 1.51. The number of amides is 1. The first-order valence-electron chi connectivity index (χ1n) is 6.69. The van der Waals surface area contributed by atoms with E-state index in [1.54, 1.807) is 23.5 Å². The van der Waals surface area contributed by atoms with E-state index in [2.05, 4.69) is 4.98 Å². The minimum absolute atomic E-state index is 0.0636. The predicted molar refractivity (Wildman–Crippen MR) is 86.2 cm³/mol. The summed E-state index contributed by atoms with van der Waals surface area (Å²) in [4.78, 5) is 17.9. The Hall–Kier alpha value is -1.77. The second kappa shape index (κ2) is 5.45. The first kappa shape index (κ1) is 15.1. The average molecular weight is 337 g/mol. The van der Waals surface area contributed by atoms with Crippen LogP contribution in [0.25, 0.3) is 11.3 Å². The van der Waals surface area contributed by atoms with Crippen LogP contribution in [0.2, 0.25) is 0 Å². The fourth-order valence-corrected chi connectivity index (χ4v) is 3.81. The number of primary sulfonamides is 1. The van der Waals surface area contributed by atoms with Crippen LogP contribution in [0.15, 0.2) is 29.6 Å². The molecule has 1 fully saturated rings. The standard InChI is InChI=1S/C14H15N3O3S2/c1-9-16-13(8-21-9)10-2-4-11(5-3-10)17-7-12(6-14(17)18)22(15,19)20/h2-5,8,12H,6-7H2,1H3,(H2,15,19,20). The monoisotopic (exact) mass is 337 g/mol. The van der Waals surface area contributed by atoms with Gasteiger partial charge in [0.15, 0.2) is 0 Å². The van der Waals surface area contributed by atoms with Gasteiger partial charge in [-0.3, -0.25) is 4.79 Å². The van der Waals surface area contributed by atoms with Crippen LogP contribution < -0.4 is 10.0 Å². The molecular weight excluding hydrogens is 322 g/mol. The zero-order valence-corrected chi connectivity index (χ0v) is 13.5. The number of benzene rings is 1. The van der Waals surface area contributed by atoms with Crippen molar-refractivity contribution in [2.75, 3.05) is 11.4 Å². The molecule has 1 aromatic carbocycles. The Bertz CT molecular complexity index is 812. The summed E-state index contributed by atoms with van der Waals surface area (Å²) in [5.41, 5.74) is 2.53. The van der Waals surface area contributed by atoms with Crippen molar-refractivity contribution in [3.63, 3.8) is 0 Å². The number of carbonyl (C=O) groups excluding carboxylic acids is 1. The van der Waals surface area contributed by atoms with Gasteiger partial charge < -0.3 is 4.90 Å². The summed E-state index contributed by atoms with van der Waals surface area (Å²) in [6, 6.07) is 7.35. The molecular formula is C14H15N3O3S2. The Balaban J connectivity index is 1.83. The molecule has 1 aliphatic rings. The molecule has 0 bridgehead atoms. The van der Waals surface area contributed by atoms with Crippen molar-refractivity contribution < 1.29 is 13.2 Å². The number of hydrogen-bond acceptors (Lipinski definition) is 5. The van der Waals surface area contributed by atoms with Gasteiger partial charge in [-0.2, -0.15) is 0 Å². The Kier molecular flexibility index (Phi) is 3.75. The zero-order valence-electron chi connectivity index (χ0n) is 11.9. The normalized spacial score (nSPS) is 18.9. The first-order chi connectivity index (χ1) is 10.3. The first-order valence-corrected chi connectivity index (χ1v) is 9.18. The van der Waals surface area contributed by atoms with E-state index in [1.807, 2.05) is 24.4 Å². The smallest absolute Gasteiger partial charge is 0.228 e. The van der Waals surface area contributed by atoms with Gasteiger partial charge in [-0.25, -0.2) is 18.5 Å². The third-order valence-electron chi connectivity index (χ3n) is 3.65. The highest BCUT2D eigenvalue weighted by Crippen LogP contribution is 2.28. The number of sulfonamides is 1. The molecule has 1 aromatic heterocycles. The van der Waals surface area contributed by atoms with Crippen LogP contribution in [0, 0.1) is 6.92 Å². The summed E-state index contributed by atoms with van der Waals surface area (Å²) < 4.78 is 22.8. The number of nitrogens with zero attached hydrogens (tertiary/aromatic N) is 2. The van der Waals surface area contributed by atoms with E-state index in [0.717, 1.165) is 16.3 Å². The lowest BCUT2D eigenvalue weighted by atomic mass is 10.1. The highest BCUT2D eigenvalue weighted by atomic mass is 32.2. The molecule has 2 aromatic rings. The van der Waals surface area contributed by atoms with Gasteiger partial charge in [-0.1, -0.05) is 12.1 Å². The summed E-state index contributed by atoms with van der Waals surface area (Å²) in [6.07, 6.45) is -0.0636. The molecule has 6 nitrogen and oxygen atoms in total. The van der Waals surface area contributed by atoms with Gasteiger partial charge in [0, 0.05) is 29.6 Å². The van der Waals surface area contributed by atoms with Crippen molar-refractivity contribution in [2.24, 2.45) is 5.14 Å². The number of carbonyl (C=O) groups is 1. The summed E-state index contributed by atoms with van der Waals surface area (Å²) in [6.45, 7) is 2.05. The number of rotatable bonds is 3. The number of aryl methyl sites for hydroxylation is 1. The van der Waals surface area contributed by atoms with E-state index >= 15 is 0 Å². The molecule has 0 aliphatic carbocycles. The van der Waals surface area contributed by atoms with Crippen molar-refractivity contribution in [3.8, 4) is 11.3 Å². The molecule has 0 saturated carbocycles. The lowest BCUT2D eigenvalue weighted by Gasteiger charge is -2.16. The molecule has 1 atom stereocenters. The molecule has 8 heteroatoms. The van der Waals surface area contributed by atoms with Gasteiger partial charge in [0.05, 0.1) is 10.7 Å². The second-order valence-corrected chi connectivity index (χ2v) is 8.13. The molecule has 3 rings (SSSR count). The van der Waals surface area contributed by atoms with Crippen LogP contribution >= 0.6 is 11.3 Å². The van der Waals surface area contributed by atoms with Crippen LogP contribution in [-0.4, -0.2) is 31.1 Å². The molecule has 0 radical (unpaired) electrons. The molecule has 1 aliphatic heterocycles. The fraction of sp³-hybridized carbons (Fsp3) is 0.286. The highest BCUT2D eigenvalue weighted by Gasteiger charge is 2.37. The van der Waals surface area contributed by atoms with E-state index in [-0.39, 0.29) is 18.9 Å². The lowest BCUT2D eigenvalue weighted by molar-refractivity contribution is -0.117. The third kappa shape index (κ3) is 2.90. The molecule has 2 heterocycles. The van der Waals surface area contributed by atoms with Crippen LogP contribution in [0.1, 0.15) is 11.4 Å². The maximum Gasteiger partial charge on any atom is 0.228 e. The SMILES string of the molecule is Cc1nc(-c2ccc(N3CC(S(N)(=O)=O)CC3=O)cc2)cs1. The molecule has 0 spiro atoms. The van der Waals surface area contributed by atoms with E-state index in [9.17, 15) is 13.2 Å². The van der Waals surface area contributed by atoms with Crippen molar-refractivity contribution in [2.45, 2.75) is 18.6 Å². The van der Waals surface area contributed by atoms with Gasteiger partial charge in [0.1, 0.15) is 5.25 Å². The van der Waals surface area contributed by atoms with Crippen molar-refractivity contribution in [1.82, 2.24) is 4.98 Å². The number of hydrogen-bond donors (Lipinski definition) is 1. The molecule has 1 unspecified atom stereocenters. The Morgan fingerprint density at radius 2 is 2.00 bits per heavy atom. The summed E-state index contributed by atoms with van der Waals surface area (Å²) in [7, 11) is -3.70. The van der Waals surface area contributed by atoms with Crippen molar-refractivity contribution in [1.29, 1.82) is 0 Å². The number of anilines is 1. The summed E-state index contributed by atoms with van der Waals surface area (Å²) >= 11 is 1.58. The van der Waals surface area contributed by atoms with Gasteiger partial charge in [0.25, 0.3) is 0 Å². The van der Waals surface area contributed by atoms with E-state index in [1.165, 1.54) is 4.90 Å². The highest BCUT2D eigenvalue weighted by molar-refractivity contribution is 7.89. The fourth-order valence-electron chi connectivity index (χ4n) is 2.45. The van der Waals surface area contributed by atoms with Crippen LogP contribution in [0.5, 0.6) is 0 Å². The van der Waals surface area contributed by atoms with E-state index in [4.69, 9.17) is 5.14 Å². The molecule has 116 valence electrons. The van der Waals surface area contributed by atoms with Gasteiger partial charge in [-0.15, -0.1) is 11.3 Å². The summed E-state index contributed by atoms with van der Waals surface area (Å²) in [5.74, 6) is -0.226. The number of aromatic nitrogens is 1. The number of nitrogens with two attached hydrogens (primary N) is 1. The zero-order chi connectivity index (χ0) is 15.9. The molecule has 1 amide bonds. The van der Waals surface area contributed by atoms with Crippen LogP contribution in [0.4, 0.5) is 5.69 Å². The lowest BCUT2D eigenvalue weighted by Crippen LogP contribution is -2.32. The van der Waals surface area contributed by atoms with Crippen LogP contribution in [-0.2, 0) is 14.8 Å². The van der Waals surface area contributed by atoms with Crippen LogP contribution in [0.3, 0.4) is 0 Å². The molecule has 2 N–H and O–H groups in total. The van der Waals surface area contributed by atoms with Gasteiger partial charge in [0.2, 0.25) is 15.9 Å². The molecule has 1 saturated heterocycles. The Labute approximate surface area is 132 Å². The van der Waals surface area contributed by atoms with Crippen molar-refractivity contribution in [3.05, 3.63) is 34.7 Å². The maximum absolute atomic E-state index is 12.0. The number of thiazole rings is 1. The maximum atomic E-state index is 12.0. The minimum Gasteiger partial charge on any atom is -0.311 e. The topological polar surface area (TPSA) is 93.4 Å². The Morgan fingerprint density at radius 1 is 1.32 bits per heavy atom. The van der Waals surface area contributed by atoms with Crippen molar-refractivity contribution >= 4 is 33.0 Å². The van der Waals surface area contributed by atoms with Gasteiger partial charge in [-0.05, 0) is 19.1 Å². The quantitative estimate of drug-likeness (QED) is 0.919. The molecule has 22 heavy (non-hydrogen) atoms. The second-order valence-electron chi connectivity index (χ2n) is 5.22. The largest absolute Gasteiger partial charge is 0.311 e. The van der Waals surface area contributed by atoms with E-state index < -0.39 is 15.3 Å². The average Bonchev–Trinajstić information content (AvgIpc) is 3.05. The third-order valence-corrected chi connectivity index (χ3v) is 5.67. The summed E-state index contributed by atoms with van der Waals surface area (Å²) in [5, 5.41) is 7.26. The van der Waals surface area contributed by atoms with Gasteiger partial charge >= 0.3 is 0 Å². The minimum atomic E-state index is -3.70.